The summed E-state index contributed by atoms with van der Waals surface area (Å²) in [5.74, 6) is -0.543. The Morgan fingerprint density at radius 1 is 1.24 bits per heavy atom. The van der Waals surface area contributed by atoms with Gasteiger partial charge in [0.1, 0.15) is 11.4 Å². The minimum atomic E-state index is -0.543. The van der Waals surface area contributed by atoms with Crippen LogP contribution in [0.1, 0.15) is 34.8 Å². The smallest absolute Gasteiger partial charge is 0.356 e. The molecular weight excluding hydrogens is 222 g/mol. The van der Waals surface area contributed by atoms with E-state index >= 15 is 0 Å². The Kier molecular flexibility index (Phi) is 12.8. The maximum atomic E-state index is 10.9. The van der Waals surface area contributed by atoms with Gasteiger partial charge in [-0.15, -0.1) is 0 Å². The SMILES string of the molecule is CC.COC.COC(=O)c1cccc(C=O)n1. The lowest BCUT2D eigenvalue weighted by Crippen LogP contribution is -2.05. The van der Waals surface area contributed by atoms with E-state index in [-0.39, 0.29) is 11.4 Å². The van der Waals surface area contributed by atoms with Gasteiger partial charge in [0.05, 0.1) is 7.11 Å². The van der Waals surface area contributed by atoms with Crippen molar-refractivity contribution in [3.8, 4) is 0 Å². The van der Waals surface area contributed by atoms with E-state index in [1.165, 1.54) is 19.2 Å². The van der Waals surface area contributed by atoms with Crippen molar-refractivity contribution < 1.29 is 19.1 Å². The summed E-state index contributed by atoms with van der Waals surface area (Å²) in [5.41, 5.74) is 0.361. The van der Waals surface area contributed by atoms with Crippen LogP contribution in [0.3, 0.4) is 0 Å². The summed E-state index contributed by atoms with van der Waals surface area (Å²) in [6, 6.07) is 4.57. The zero-order valence-electron chi connectivity index (χ0n) is 10.9. The van der Waals surface area contributed by atoms with Gasteiger partial charge in [-0.3, -0.25) is 4.79 Å². The van der Waals surface area contributed by atoms with Gasteiger partial charge in [-0.05, 0) is 12.1 Å². The molecular formula is C12H19NO4. The van der Waals surface area contributed by atoms with Crippen LogP contribution in [-0.4, -0.2) is 38.6 Å². The number of hydrogen-bond donors (Lipinski definition) is 0. The van der Waals surface area contributed by atoms with Crippen molar-refractivity contribution in [1.82, 2.24) is 4.98 Å². The van der Waals surface area contributed by atoms with Crippen LogP contribution in [-0.2, 0) is 9.47 Å². The molecule has 0 aliphatic heterocycles. The van der Waals surface area contributed by atoms with Gasteiger partial charge in [-0.2, -0.15) is 0 Å². The maximum Gasteiger partial charge on any atom is 0.356 e. The number of carbonyl (C=O) groups excluding carboxylic acids is 2. The van der Waals surface area contributed by atoms with Crippen molar-refractivity contribution >= 4 is 12.3 Å². The van der Waals surface area contributed by atoms with E-state index in [0.29, 0.717) is 6.29 Å². The second kappa shape index (κ2) is 12.3. The molecule has 0 saturated heterocycles. The van der Waals surface area contributed by atoms with Gasteiger partial charge in [0.15, 0.2) is 6.29 Å². The lowest BCUT2D eigenvalue weighted by Gasteiger charge is -1.97. The number of rotatable bonds is 2. The number of aldehydes is 1. The molecule has 0 N–H and O–H groups in total. The van der Waals surface area contributed by atoms with E-state index in [2.05, 4.69) is 14.5 Å². The molecule has 0 aliphatic carbocycles. The first-order valence-corrected chi connectivity index (χ1v) is 5.10. The van der Waals surface area contributed by atoms with Gasteiger partial charge in [0.2, 0.25) is 0 Å². The van der Waals surface area contributed by atoms with Gasteiger partial charge in [0.25, 0.3) is 0 Å². The fourth-order valence-corrected chi connectivity index (χ4v) is 0.735. The van der Waals surface area contributed by atoms with Crippen molar-refractivity contribution in [3.63, 3.8) is 0 Å². The van der Waals surface area contributed by atoms with Gasteiger partial charge in [-0.25, -0.2) is 9.78 Å². The second-order valence-corrected chi connectivity index (χ2v) is 2.47. The average Bonchev–Trinajstić information content (AvgIpc) is 2.41. The number of aromatic nitrogens is 1. The molecule has 5 heteroatoms. The topological polar surface area (TPSA) is 65.5 Å². The summed E-state index contributed by atoms with van der Waals surface area (Å²) in [6.45, 7) is 4.00. The number of pyridine rings is 1. The Morgan fingerprint density at radius 3 is 2.18 bits per heavy atom. The molecule has 0 aliphatic rings. The largest absolute Gasteiger partial charge is 0.464 e. The molecule has 0 fully saturated rings. The molecule has 1 heterocycles. The van der Waals surface area contributed by atoms with Crippen molar-refractivity contribution in [2.45, 2.75) is 13.8 Å². The third kappa shape index (κ3) is 8.10. The number of ether oxygens (including phenoxy) is 2. The third-order valence-corrected chi connectivity index (χ3v) is 1.29. The quantitative estimate of drug-likeness (QED) is 0.585. The van der Waals surface area contributed by atoms with Gasteiger partial charge in [-0.1, -0.05) is 19.9 Å². The summed E-state index contributed by atoms with van der Waals surface area (Å²) in [7, 11) is 4.51. The Labute approximate surface area is 102 Å². The lowest BCUT2D eigenvalue weighted by molar-refractivity contribution is 0.0594. The number of methoxy groups -OCH3 is 2. The molecule has 1 aromatic rings. The highest BCUT2D eigenvalue weighted by molar-refractivity contribution is 5.88. The number of carbonyl (C=O) groups is 2. The van der Waals surface area contributed by atoms with Gasteiger partial charge < -0.3 is 9.47 Å². The summed E-state index contributed by atoms with van der Waals surface area (Å²) in [4.78, 5) is 24.9. The molecule has 0 unspecified atom stereocenters. The Morgan fingerprint density at radius 2 is 1.76 bits per heavy atom. The average molecular weight is 241 g/mol. The summed E-state index contributed by atoms with van der Waals surface area (Å²) >= 11 is 0. The highest BCUT2D eigenvalue weighted by Gasteiger charge is 2.06. The van der Waals surface area contributed by atoms with Crippen molar-refractivity contribution in [1.29, 1.82) is 0 Å². The number of esters is 1. The normalized spacial score (nSPS) is 7.82. The summed E-state index contributed by atoms with van der Waals surface area (Å²) in [5, 5.41) is 0. The van der Waals surface area contributed by atoms with Crippen LogP contribution >= 0.6 is 0 Å². The summed E-state index contributed by atoms with van der Waals surface area (Å²) in [6.07, 6.45) is 0.576. The molecule has 0 spiro atoms. The molecule has 0 amide bonds. The van der Waals surface area contributed by atoms with Crippen LogP contribution in [0, 0.1) is 0 Å². The van der Waals surface area contributed by atoms with Gasteiger partial charge >= 0.3 is 5.97 Å². The molecule has 0 bridgehead atoms. The first-order chi connectivity index (χ1) is 8.19. The van der Waals surface area contributed by atoms with Crippen molar-refractivity contribution in [3.05, 3.63) is 29.6 Å². The highest BCUT2D eigenvalue weighted by Crippen LogP contribution is 1.98. The molecule has 1 aromatic heterocycles. The van der Waals surface area contributed by atoms with Gasteiger partial charge in [0, 0.05) is 14.2 Å². The molecule has 0 saturated carbocycles. The highest BCUT2D eigenvalue weighted by atomic mass is 16.5. The van der Waals surface area contributed by atoms with Crippen LogP contribution in [0.5, 0.6) is 0 Å². The number of nitrogens with zero attached hydrogens (tertiary/aromatic N) is 1. The monoisotopic (exact) mass is 241 g/mol. The Bertz CT molecular complexity index is 326. The fraction of sp³-hybridized carbons (Fsp3) is 0.417. The summed E-state index contributed by atoms with van der Waals surface area (Å²) < 4.78 is 8.67. The first-order valence-electron chi connectivity index (χ1n) is 5.10. The van der Waals surface area contributed by atoms with Crippen molar-refractivity contribution in [2.24, 2.45) is 0 Å². The molecule has 0 aromatic carbocycles. The minimum Gasteiger partial charge on any atom is -0.464 e. The Balaban J connectivity index is 0. The standard InChI is InChI=1S/C8H7NO3.C2H6O.C2H6/c1-12-8(11)7-4-2-3-6(5-10)9-7;1-3-2;1-2/h2-5H,1H3;1-2H3;1-2H3. The molecule has 0 radical (unpaired) electrons. The van der Waals surface area contributed by atoms with E-state index in [4.69, 9.17) is 0 Å². The molecule has 96 valence electrons. The van der Waals surface area contributed by atoms with Crippen LogP contribution in [0.4, 0.5) is 0 Å². The third-order valence-electron chi connectivity index (χ3n) is 1.29. The maximum absolute atomic E-state index is 10.9. The Hall–Kier alpha value is -1.75. The predicted molar refractivity (Wildman–Crippen MR) is 65.2 cm³/mol. The van der Waals surface area contributed by atoms with Crippen LogP contribution in [0.15, 0.2) is 18.2 Å². The fourth-order valence-electron chi connectivity index (χ4n) is 0.735. The zero-order valence-corrected chi connectivity index (χ0v) is 10.9. The minimum absolute atomic E-state index is 0.141. The van der Waals surface area contributed by atoms with Crippen molar-refractivity contribution in [2.75, 3.05) is 21.3 Å². The van der Waals surface area contributed by atoms with E-state index in [1.807, 2.05) is 13.8 Å². The van der Waals surface area contributed by atoms with E-state index in [0.717, 1.165) is 0 Å². The molecule has 1 rings (SSSR count). The van der Waals surface area contributed by atoms with E-state index < -0.39 is 5.97 Å². The molecule has 5 nitrogen and oxygen atoms in total. The number of hydrogen-bond acceptors (Lipinski definition) is 5. The zero-order chi connectivity index (χ0) is 13.7. The van der Waals surface area contributed by atoms with Crippen LogP contribution < -0.4 is 0 Å². The predicted octanol–water partition coefficient (Wildman–Crippen LogP) is 1.97. The van der Waals surface area contributed by atoms with E-state index in [9.17, 15) is 9.59 Å². The molecule has 17 heavy (non-hydrogen) atoms. The first kappa shape index (κ1) is 17.6. The lowest BCUT2D eigenvalue weighted by atomic mass is 10.3. The second-order valence-electron chi connectivity index (χ2n) is 2.47. The molecule has 0 atom stereocenters. The van der Waals surface area contributed by atoms with E-state index in [1.54, 1.807) is 20.3 Å². The van der Waals surface area contributed by atoms with Crippen LogP contribution in [0.2, 0.25) is 0 Å². The van der Waals surface area contributed by atoms with Crippen LogP contribution in [0.25, 0.3) is 0 Å².